The van der Waals surface area contributed by atoms with Gasteiger partial charge in [-0.3, -0.25) is 0 Å². The third kappa shape index (κ3) is 3.38. The third-order valence-corrected chi connectivity index (χ3v) is 5.70. The maximum absolute atomic E-state index is 13.4. The van der Waals surface area contributed by atoms with Gasteiger partial charge in [0.05, 0.1) is 5.56 Å². The summed E-state index contributed by atoms with van der Waals surface area (Å²) in [6.45, 7) is 0. The topological polar surface area (TPSA) is 30.2 Å². The molecule has 3 heteroatoms. The molecule has 0 atom stereocenters. The van der Waals surface area contributed by atoms with Crippen LogP contribution in [0.25, 0.3) is 44.3 Å². The quantitative estimate of drug-likeness (QED) is 0.282. The predicted octanol–water partition coefficient (Wildman–Crippen LogP) is 7.56. The van der Waals surface area contributed by atoms with E-state index in [0.717, 1.165) is 37.5 Å². The molecule has 0 unspecified atom stereocenters. The van der Waals surface area contributed by atoms with E-state index >= 15 is 0 Å². The van der Waals surface area contributed by atoms with Gasteiger partial charge in [-0.1, -0.05) is 101 Å². The minimum atomic E-state index is -0.345. The van der Waals surface area contributed by atoms with Crippen LogP contribution in [0, 0.1) is 0 Å². The van der Waals surface area contributed by atoms with Gasteiger partial charge < -0.3 is 4.42 Å². The maximum atomic E-state index is 13.4. The number of fused-ring (bicyclic) bond motifs is 1. The van der Waals surface area contributed by atoms with E-state index < -0.39 is 0 Å². The average molecular weight is 453 g/mol. The lowest BCUT2D eigenvalue weighted by Crippen LogP contribution is -2.06. The van der Waals surface area contributed by atoms with Crippen molar-refractivity contribution in [2.75, 3.05) is 0 Å². The number of hydrogen-bond acceptors (Lipinski definition) is 2. The van der Waals surface area contributed by atoms with Gasteiger partial charge in [-0.2, -0.15) is 0 Å². The molecule has 144 valence electrons. The van der Waals surface area contributed by atoms with Crippen molar-refractivity contribution >= 4 is 26.7 Å². The smallest absolute Gasteiger partial charge is 0.344 e. The summed E-state index contributed by atoms with van der Waals surface area (Å²) in [5.41, 5.74) is 3.80. The first-order valence-electron chi connectivity index (χ1n) is 9.68. The lowest BCUT2D eigenvalue weighted by molar-refractivity contribution is 0.529. The first-order chi connectivity index (χ1) is 14.7. The van der Waals surface area contributed by atoms with E-state index in [2.05, 4.69) is 28.1 Å². The van der Waals surface area contributed by atoms with E-state index in [1.807, 2.05) is 91.0 Å². The first kappa shape index (κ1) is 18.6. The lowest BCUT2D eigenvalue weighted by atomic mass is 9.92. The first-order valence-corrected chi connectivity index (χ1v) is 10.5. The molecule has 4 aromatic carbocycles. The second kappa shape index (κ2) is 7.77. The van der Waals surface area contributed by atoms with Crippen LogP contribution in [0.4, 0.5) is 0 Å². The van der Waals surface area contributed by atoms with Crippen LogP contribution in [0.15, 0.2) is 117 Å². The molecule has 0 spiro atoms. The van der Waals surface area contributed by atoms with E-state index in [9.17, 15) is 4.79 Å². The van der Waals surface area contributed by atoms with Gasteiger partial charge in [-0.15, -0.1) is 0 Å². The lowest BCUT2D eigenvalue weighted by Gasteiger charge is -2.13. The molecule has 30 heavy (non-hydrogen) atoms. The molecule has 0 aliphatic heterocycles. The van der Waals surface area contributed by atoms with Crippen LogP contribution in [-0.4, -0.2) is 0 Å². The van der Waals surface area contributed by atoms with Gasteiger partial charge in [0, 0.05) is 15.6 Å². The zero-order valence-corrected chi connectivity index (χ0v) is 17.6. The van der Waals surface area contributed by atoms with Crippen molar-refractivity contribution in [3.63, 3.8) is 0 Å². The molecule has 1 heterocycles. The highest BCUT2D eigenvalue weighted by molar-refractivity contribution is 9.10. The van der Waals surface area contributed by atoms with Gasteiger partial charge in [-0.25, -0.2) is 4.79 Å². The molecular formula is C27H17BrO2. The van der Waals surface area contributed by atoms with Crippen LogP contribution in [0.1, 0.15) is 0 Å². The average Bonchev–Trinajstić information content (AvgIpc) is 2.79. The summed E-state index contributed by atoms with van der Waals surface area (Å²) in [5, 5.41) is 2.11. The Balaban J connectivity index is 1.84. The number of rotatable bonds is 3. The van der Waals surface area contributed by atoms with E-state index in [-0.39, 0.29) is 5.63 Å². The fraction of sp³-hybridized carbons (Fsp3) is 0. The highest BCUT2D eigenvalue weighted by Gasteiger charge is 2.18. The molecular weight excluding hydrogens is 436 g/mol. The van der Waals surface area contributed by atoms with Crippen molar-refractivity contribution in [1.82, 2.24) is 0 Å². The van der Waals surface area contributed by atoms with Gasteiger partial charge in [0.15, 0.2) is 0 Å². The van der Waals surface area contributed by atoms with Crippen molar-refractivity contribution < 1.29 is 4.42 Å². The fourth-order valence-electron chi connectivity index (χ4n) is 3.82. The van der Waals surface area contributed by atoms with Gasteiger partial charge in [0.1, 0.15) is 5.76 Å². The fourth-order valence-corrected chi connectivity index (χ4v) is 4.22. The highest BCUT2D eigenvalue weighted by atomic mass is 79.9. The Morgan fingerprint density at radius 2 is 1.33 bits per heavy atom. The van der Waals surface area contributed by atoms with Crippen LogP contribution in [0.2, 0.25) is 0 Å². The van der Waals surface area contributed by atoms with Crippen molar-refractivity contribution in [1.29, 1.82) is 0 Å². The Morgan fingerprint density at radius 3 is 2.17 bits per heavy atom. The largest absolute Gasteiger partial charge is 0.422 e. The molecule has 0 fully saturated rings. The number of hydrogen-bond donors (Lipinski definition) is 0. The molecule has 5 rings (SSSR count). The van der Waals surface area contributed by atoms with E-state index in [1.54, 1.807) is 0 Å². The minimum Gasteiger partial charge on any atom is -0.422 e. The highest BCUT2D eigenvalue weighted by Crippen LogP contribution is 2.36. The van der Waals surface area contributed by atoms with E-state index in [4.69, 9.17) is 4.42 Å². The maximum Gasteiger partial charge on any atom is 0.344 e. The van der Waals surface area contributed by atoms with Crippen molar-refractivity contribution in [2.24, 2.45) is 0 Å². The molecule has 0 N–H and O–H groups in total. The van der Waals surface area contributed by atoms with Crippen LogP contribution in [0.5, 0.6) is 0 Å². The Labute approximate surface area is 182 Å². The van der Waals surface area contributed by atoms with Crippen LogP contribution >= 0.6 is 15.9 Å². The molecule has 0 amide bonds. The van der Waals surface area contributed by atoms with E-state index in [1.165, 1.54) is 0 Å². The summed E-state index contributed by atoms with van der Waals surface area (Å²) in [6.07, 6.45) is 0. The molecule has 0 saturated carbocycles. The zero-order chi connectivity index (χ0) is 20.5. The normalized spacial score (nSPS) is 11.0. The number of halogens is 1. The van der Waals surface area contributed by atoms with Gasteiger partial charge in [-0.05, 0) is 40.1 Å². The monoisotopic (exact) mass is 452 g/mol. The third-order valence-electron chi connectivity index (χ3n) is 5.20. The summed E-state index contributed by atoms with van der Waals surface area (Å²) >= 11 is 3.50. The molecule has 0 aliphatic carbocycles. The summed E-state index contributed by atoms with van der Waals surface area (Å²) in [5.74, 6) is 0.545. The summed E-state index contributed by atoms with van der Waals surface area (Å²) in [7, 11) is 0. The molecule has 1 aromatic heterocycles. The van der Waals surface area contributed by atoms with Crippen molar-refractivity contribution in [3.05, 3.63) is 118 Å². The SMILES string of the molecule is O=c1oc(-c2cccc(Br)c2)cc(-c2ccccc2)c1-c1cccc2ccccc12. The predicted molar refractivity (Wildman–Crippen MR) is 126 cm³/mol. The second-order valence-electron chi connectivity index (χ2n) is 7.09. The molecule has 0 radical (unpaired) electrons. The summed E-state index contributed by atoms with van der Waals surface area (Å²) in [4.78, 5) is 13.4. The molecule has 0 aliphatic rings. The molecule has 0 bridgehead atoms. The summed E-state index contributed by atoms with van der Waals surface area (Å²) in [6, 6.07) is 33.8. The Morgan fingerprint density at radius 1 is 0.633 bits per heavy atom. The van der Waals surface area contributed by atoms with E-state index in [0.29, 0.717) is 11.3 Å². The standard InChI is InChI=1S/C27H17BrO2/c28-21-13-6-12-20(16-21)25-17-24(19-8-2-1-3-9-19)26(27(29)30-25)23-15-7-11-18-10-4-5-14-22(18)23/h1-17H. The van der Waals surface area contributed by atoms with Crippen LogP contribution < -0.4 is 5.63 Å². The zero-order valence-electron chi connectivity index (χ0n) is 16.0. The van der Waals surface area contributed by atoms with Crippen LogP contribution in [0.3, 0.4) is 0 Å². The van der Waals surface area contributed by atoms with Crippen molar-refractivity contribution in [3.8, 4) is 33.6 Å². The molecule has 2 nitrogen and oxygen atoms in total. The van der Waals surface area contributed by atoms with Gasteiger partial charge >= 0.3 is 5.63 Å². The Bertz CT molecular complexity index is 1410. The number of benzene rings is 4. The molecule has 5 aromatic rings. The van der Waals surface area contributed by atoms with Crippen LogP contribution in [-0.2, 0) is 0 Å². The summed E-state index contributed by atoms with van der Waals surface area (Å²) < 4.78 is 6.77. The van der Waals surface area contributed by atoms with Gasteiger partial charge in [0.2, 0.25) is 0 Å². The minimum absolute atomic E-state index is 0.345. The second-order valence-corrected chi connectivity index (χ2v) is 8.01. The Kier molecular flexibility index (Phi) is 4.82. The molecule has 0 saturated heterocycles. The van der Waals surface area contributed by atoms with Crippen molar-refractivity contribution in [2.45, 2.75) is 0 Å². The van der Waals surface area contributed by atoms with Gasteiger partial charge in [0.25, 0.3) is 0 Å². The Hall–Kier alpha value is -3.43.